The molecule has 2 heterocycles. The Bertz CT molecular complexity index is 446. The van der Waals surface area contributed by atoms with Crippen molar-refractivity contribution < 1.29 is 14.1 Å². The number of ether oxygens (including phenoxy) is 1. The molecule has 1 aliphatic rings. The van der Waals surface area contributed by atoms with Crippen molar-refractivity contribution in [2.24, 2.45) is 0 Å². The highest BCUT2D eigenvalue weighted by Gasteiger charge is 2.38. The van der Waals surface area contributed by atoms with Gasteiger partial charge in [-0.1, -0.05) is 12.1 Å². The second-order valence-electron chi connectivity index (χ2n) is 5.14. The van der Waals surface area contributed by atoms with Crippen molar-refractivity contribution in [2.75, 3.05) is 26.7 Å². The number of hydrogen-bond acceptors (Lipinski definition) is 5. The van der Waals surface area contributed by atoms with Gasteiger partial charge in [0, 0.05) is 19.2 Å². The second-order valence-corrected chi connectivity index (χ2v) is 5.14. The molecule has 1 aromatic rings. The lowest BCUT2D eigenvalue weighted by atomic mass is 10.0. The Hall–Kier alpha value is -1.40. The number of aryl methyl sites for hydroxylation is 1. The number of likely N-dealkylation sites (N-methyl/N-ethyl adjacent to an activating group) is 1. The van der Waals surface area contributed by atoms with Gasteiger partial charge in [0.1, 0.15) is 0 Å². The van der Waals surface area contributed by atoms with E-state index in [1.165, 1.54) is 0 Å². The molecule has 1 atom stereocenters. The third-order valence-corrected chi connectivity index (χ3v) is 3.34. The summed E-state index contributed by atoms with van der Waals surface area (Å²) in [6.45, 7) is 6.18. The molecule has 0 aliphatic carbocycles. The molecule has 2 rings (SSSR count). The van der Waals surface area contributed by atoms with E-state index in [0.29, 0.717) is 25.5 Å². The predicted molar refractivity (Wildman–Crippen MR) is 69.6 cm³/mol. The molecular weight excluding hydrogens is 246 g/mol. The first-order valence-electron chi connectivity index (χ1n) is 6.59. The van der Waals surface area contributed by atoms with Crippen LogP contribution in [0.15, 0.2) is 10.6 Å². The molecule has 1 N–H and O–H groups in total. The molecule has 6 nitrogen and oxygen atoms in total. The van der Waals surface area contributed by atoms with Crippen molar-refractivity contribution in [1.82, 2.24) is 15.4 Å². The summed E-state index contributed by atoms with van der Waals surface area (Å²) in [6, 6.07) is 1.86. The van der Waals surface area contributed by atoms with Crippen molar-refractivity contribution in [3.63, 3.8) is 0 Å². The Balaban J connectivity index is 1.89. The molecule has 1 fully saturated rings. The van der Waals surface area contributed by atoms with Crippen molar-refractivity contribution in [3.05, 3.63) is 17.5 Å². The third kappa shape index (κ3) is 3.33. The lowest BCUT2D eigenvalue weighted by Gasteiger charge is -2.37. The summed E-state index contributed by atoms with van der Waals surface area (Å²) in [5.74, 6) is 0.548. The molecule has 1 aromatic heterocycles. The maximum absolute atomic E-state index is 12.2. The number of amides is 1. The Morgan fingerprint density at radius 3 is 3.05 bits per heavy atom. The fourth-order valence-electron chi connectivity index (χ4n) is 2.16. The summed E-state index contributed by atoms with van der Waals surface area (Å²) >= 11 is 0. The van der Waals surface area contributed by atoms with Gasteiger partial charge in [-0.25, -0.2) is 0 Å². The molecule has 0 radical (unpaired) electrons. The SMILES string of the molecule is CCc1cc(CNC(=O)[C@@]2(C)CN(C)CCO2)on1. The third-order valence-electron chi connectivity index (χ3n) is 3.34. The Kier molecular flexibility index (Phi) is 4.21. The van der Waals surface area contributed by atoms with Crippen LogP contribution in [-0.4, -0.2) is 48.3 Å². The van der Waals surface area contributed by atoms with Crippen LogP contribution < -0.4 is 5.32 Å². The molecule has 0 bridgehead atoms. The van der Waals surface area contributed by atoms with Crippen LogP contribution in [-0.2, 0) is 22.5 Å². The maximum atomic E-state index is 12.2. The van der Waals surface area contributed by atoms with Gasteiger partial charge in [0.2, 0.25) is 0 Å². The van der Waals surface area contributed by atoms with Crippen LogP contribution in [0.3, 0.4) is 0 Å². The van der Waals surface area contributed by atoms with Crippen LogP contribution in [0.25, 0.3) is 0 Å². The molecule has 1 amide bonds. The van der Waals surface area contributed by atoms with E-state index >= 15 is 0 Å². The van der Waals surface area contributed by atoms with Crippen molar-refractivity contribution in [1.29, 1.82) is 0 Å². The summed E-state index contributed by atoms with van der Waals surface area (Å²) < 4.78 is 10.7. The van der Waals surface area contributed by atoms with E-state index in [1.54, 1.807) is 0 Å². The second kappa shape index (κ2) is 5.71. The topological polar surface area (TPSA) is 67.6 Å². The van der Waals surface area contributed by atoms with Crippen molar-refractivity contribution >= 4 is 5.91 Å². The number of carbonyl (C=O) groups is 1. The minimum atomic E-state index is -0.791. The number of carbonyl (C=O) groups excluding carboxylic acids is 1. The normalized spacial score (nSPS) is 24.4. The van der Waals surface area contributed by atoms with Gasteiger partial charge < -0.3 is 19.5 Å². The Morgan fingerprint density at radius 1 is 1.63 bits per heavy atom. The van der Waals surface area contributed by atoms with Gasteiger partial charge in [-0.2, -0.15) is 0 Å². The fraction of sp³-hybridized carbons (Fsp3) is 0.692. The zero-order valence-electron chi connectivity index (χ0n) is 11.7. The maximum Gasteiger partial charge on any atom is 0.253 e. The molecule has 0 unspecified atom stereocenters. The number of hydrogen-bond donors (Lipinski definition) is 1. The molecule has 106 valence electrons. The van der Waals surface area contributed by atoms with Crippen LogP contribution in [0.5, 0.6) is 0 Å². The Labute approximate surface area is 113 Å². The van der Waals surface area contributed by atoms with Crippen LogP contribution in [0.4, 0.5) is 0 Å². The number of rotatable bonds is 4. The average Bonchev–Trinajstić information content (AvgIpc) is 2.83. The fourth-order valence-corrected chi connectivity index (χ4v) is 2.16. The molecule has 19 heavy (non-hydrogen) atoms. The van der Waals surface area contributed by atoms with Gasteiger partial charge in [0.25, 0.3) is 5.91 Å². The quantitative estimate of drug-likeness (QED) is 0.864. The zero-order valence-corrected chi connectivity index (χ0v) is 11.7. The first-order valence-corrected chi connectivity index (χ1v) is 6.59. The number of nitrogens with one attached hydrogen (secondary N) is 1. The van der Waals surface area contributed by atoms with Crippen LogP contribution in [0.2, 0.25) is 0 Å². The minimum absolute atomic E-state index is 0.117. The molecule has 0 spiro atoms. The van der Waals surface area contributed by atoms with E-state index in [1.807, 2.05) is 27.0 Å². The molecule has 0 saturated carbocycles. The summed E-state index contributed by atoms with van der Waals surface area (Å²) in [5, 5.41) is 6.73. The first-order chi connectivity index (χ1) is 9.03. The number of nitrogens with zero attached hydrogens (tertiary/aromatic N) is 2. The minimum Gasteiger partial charge on any atom is -0.363 e. The van der Waals surface area contributed by atoms with Gasteiger partial charge >= 0.3 is 0 Å². The summed E-state index contributed by atoms with van der Waals surface area (Å²) in [5.41, 5.74) is 0.102. The average molecular weight is 267 g/mol. The monoisotopic (exact) mass is 267 g/mol. The summed E-state index contributed by atoms with van der Waals surface area (Å²) in [6.07, 6.45) is 0.822. The molecule has 0 aromatic carbocycles. The lowest BCUT2D eigenvalue weighted by Crippen LogP contribution is -2.57. The summed E-state index contributed by atoms with van der Waals surface area (Å²) in [4.78, 5) is 14.3. The zero-order chi connectivity index (χ0) is 13.9. The smallest absolute Gasteiger partial charge is 0.253 e. The van der Waals surface area contributed by atoms with Gasteiger partial charge in [0.05, 0.1) is 18.8 Å². The van der Waals surface area contributed by atoms with Gasteiger partial charge in [-0.3, -0.25) is 4.79 Å². The van der Waals surface area contributed by atoms with Gasteiger partial charge in [0.15, 0.2) is 11.4 Å². The van der Waals surface area contributed by atoms with E-state index in [0.717, 1.165) is 18.7 Å². The van der Waals surface area contributed by atoms with E-state index in [2.05, 4.69) is 15.4 Å². The van der Waals surface area contributed by atoms with Crippen molar-refractivity contribution in [3.8, 4) is 0 Å². The van der Waals surface area contributed by atoms with E-state index < -0.39 is 5.60 Å². The van der Waals surface area contributed by atoms with Gasteiger partial charge in [-0.15, -0.1) is 0 Å². The van der Waals surface area contributed by atoms with Gasteiger partial charge in [-0.05, 0) is 20.4 Å². The highest BCUT2D eigenvalue weighted by molar-refractivity contribution is 5.85. The van der Waals surface area contributed by atoms with E-state index in [4.69, 9.17) is 9.26 Å². The molecular formula is C13H21N3O3. The number of aromatic nitrogens is 1. The highest BCUT2D eigenvalue weighted by atomic mass is 16.5. The molecule has 1 aliphatic heterocycles. The highest BCUT2D eigenvalue weighted by Crippen LogP contribution is 2.17. The Morgan fingerprint density at radius 2 is 2.42 bits per heavy atom. The standard InChI is InChI=1S/C13H21N3O3/c1-4-10-7-11(19-15-10)8-14-12(17)13(2)9-16(3)5-6-18-13/h7H,4-6,8-9H2,1-3H3,(H,14,17)/t13-/m1/s1. The van der Waals surface area contributed by atoms with Crippen LogP contribution >= 0.6 is 0 Å². The van der Waals surface area contributed by atoms with E-state index in [-0.39, 0.29) is 5.91 Å². The van der Waals surface area contributed by atoms with Crippen LogP contribution in [0, 0.1) is 0 Å². The summed E-state index contributed by atoms with van der Waals surface area (Å²) in [7, 11) is 1.98. The lowest BCUT2D eigenvalue weighted by molar-refractivity contribution is -0.155. The van der Waals surface area contributed by atoms with Crippen molar-refractivity contribution in [2.45, 2.75) is 32.4 Å². The molecule has 1 saturated heterocycles. The largest absolute Gasteiger partial charge is 0.363 e. The van der Waals surface area contributed by atoms with Crippen LogP contribution in [0.1, 0.15) is 25.3 Å². The molecule has 6 heteroatoms. The first kappa shape index (κ1) is 14.0. The van der Waals surface area contributed by atoms with E-state index in [9.17, 15) is 4.79 Å². The number of morpholine rings is 1. The predicted octanol–water partition coefficient (Wildman–Crippen LogP) is 0.574.